The van der Waals surface area contributed by atoms with Gasteiger partial charge in [0.2, 0.25) is 17.7 Å². The highest BCUT2D eigenvalue weighted by Gasteiger charge is 2.76. The molecule has 1 N–H and O–H groups in total. The number of hydrogen-bond donors (Lipinski definition) is 1. The zero-order valence-corrected chi connectivity index (χ0v) is 26.6. The fourth-order valence-electron chi connectivity index (χ4n) is 7.17. The van der Waals surface area contributed by atoms with Crippen molar-refractivity contribution in [2.24, 2.45) is 11.8 Å². The minimum absolute atomic E-state index is 0.00114. The number of fused-ring (bicyclic) bond motifs is 2. The molecule has 12 heteroatoms. The van der Waals surface area contributed by atoms with Gasteiger partial charge in [0, 0.05) is 36.3 Å². The fraction of sp³-hybridized carbons (Fsp3) is 0.406. The van der Waals surface area contributed by atoms with Crippen molar-refractivity contribution in [2.75, 3.05) is 26.2 Å². The van der Waals surface area contributed by atoms with Crippen LogP contribution in [-0.4, -0.2) is 99.6 Å². The zero-order chi connectivity index (χ0) is 31.0. The molecule has 6 atom stereocenters. The number of aliphatic hydroxyl groups is 1. The fourth-order valence-corrected chi connectivity index (χ4v) is 10.8. The molecule has 3 aromatic rings. The minimum atomic E-state index is -0.864. The number of aliphatic hydroxyl groups excluding tert-OH is 1. The van der Waals surface area contributed by atoms with Gasteiger partial charge in [0.15, 0.2) is 0 Å². The molecule has 3 amide bonds. The second-order valence-corrected chi connectivity index (χ2v) is 14.2. The summed E-state index contributed by atoms with van der Waals surface area (Å²) in [5.74, 6) is -1.96. The molecule has 6 rings (SSSR count). The van der Waals surface area contributed by atoms with Crippen LogP contribution in [0.2, 0.25) is 0 Å². The highest BCUT2D eigenvalue weighted by molar-refractivity contribution is 9.09. The van der Waals surface area contributed by atoms with E-state index in [0.717, 1.165) is 11.1 Å². The second-order valence-electron chi connectivity index (χ2n) is 11.5. The van der Waals surface area contributed by atoms with Gasteiger partial charge in [-0.2, -0.15) is 0 Å². The predicted octanol–water partition coefficient (Wildman–Crippen LogP) is 3.08. The molecule has 4 heterocycles. The highest BCUT2D eigenvalue weighted by Crippen LogP contribution is 2.68. The molecular weight excluding hydrogens is 644 g/mol. The average molecular weight is 680 g/mol. The molecule has 2 aromatic carbocycles. The van der Waals surface area contributed by atoms with Crippen molar-refractivity contribution in [1.82, 2.24) is 29.7 Å². The third kappa shape index (κ3) is 5.06. The van der Waals surface area contributed by atoms with E-state index in [0.29, 0.717) is 25.0 Å². The van der Waals surface area contributed by atoms with Gasteiger partial charge in [-0.15, -0.1) is 30.0 Å². The van der Waals surface area contributed by atoms with Gasteiger partial charge < -0.3 is 19.8 Å². The van der Waals surface area contributed by atoms with Crippen molar-refractivity contribution >= 4 is 56.4 Å². The molecule has 230 valence electrons. The Kier molecular flexibility index (Phi) is 8.67. The molecule has 3 unspecified atom stereocenters. The maximum absolute atomic E-state index is 14.6. The molecule has 10 nitrogen and oxygen atoms in total. The normalized spacial score (nSPS) is 27.0. The van der Waals surface area contributed by atoms with E-state index >= 15 is 0 Å². The first-order valence-corrected chi connectivity index (χ1v) is 16.5. The summed E-state index contributed by atoms with van der Waals surface area (Å²) in [6.07, 6.45) is 3.90. The van der Waals surface area contributed by atoms with Crippen LogP contribution in [0, 0.1) is 11.8 Å². The molecular formula is C32H35BrN6O4S. The monoisotopic (exact) mass is 678 g/mol. The molecule has 0 aliphatic carbocycles. The Morgan fingerprint density at radius 1 is 1.07 bits per heavy atom. The van der Waals surface area contributed by atoms with E-state index in [9.17, 15) is 19.5 Å². The van der Waals surface area contributed by atoms with Gasteiger partial charge in [-0.05, 0) is 24.1 Å². The van der Waals surface area contributed by atoms with Gasteiger partial charge in [-0.25, -0.2) is 4.68 Å². The number of amides is 3. The van der Waals surface area contributed by atoms with E-state index in [1.807, 2.05) is 54.6 Å². The Morgan fingerprint density at radius 3 is 2.50 bits per heavy atom. The average Bonchev–Trinajstić information content (AvgIpc) is 3.74. The summed E-state index contributed by atoms with van der Waals surface area (Å²) in [4.78, 5) is 48.1. The molecule has 3 fully saturated rings. The van der Waals surface area contributed by atoms with Crippen LogP contribution in [0.15, 0.2) is 79.9 Å². The SMILES string of the molecule is C=CCN(Cn1nnc2ccccc21)C(=O)C1N(CCO)C(=O)[C@@H]2[C@H](C(=O)N(CC=C)Cc3ccccc3)[C@H]3SC12CC3Br. The maximum atomic E-state index is 14.6. The third-order valence-corrected chi connectivity index (χ3v) is 12.1. The Morgan fingerprint density at radius 2 is 1.77 bits per heavy atom. The van der Waals surface area contributed by atoms with Crippen LogP contribution in [-0.2, 0) is 27.6 Å². The van der Waals surface area contributed by atoms with Crippen molar-refractivity contribution in [2.45, 2.75) is 40.5 Å². The summed E-state index contributed by atoms with van der Waals surface area (Å²) in [5, 5.41) is 18.4. The Balaban J connectivity index is 1.35. The number of β-amino-alcohol motifs (C(OH)–C–C–N with tert-alkyl or cyclic N) is 1. The van der Waals surface area contributed by atoms with E-state index in [2.05, 4.69) is 39.4 Å². The lowest BCUT2D eigenvalue weighted by molar-refractivity contribution is -0.145. The molecule has 1 aromatic heterocycles. The van der Waals surface area contributed by atoms with Gasteiger partial charge >= 0.3 is 0 Å². The predicted molar refractivity (Wildman–Crippen MR) is 173 cm³/mol. The quantitative estimate of drug-likeness (QED) is 0.232. The number of hydrogen-bond acceptors (Lipinski definition) is 7. The number of thioether (sulfide) groups is 1. The van der Waals surface area contributed by atoms with E-state index in [1.165, 1.54) is 4.90 Å². The zero-order valence-electron chi connectivity index (χ0n) is 24.2. The number of aromatic nitrogens is 3. The van der Waals surface area contributed by atoms with Gasteiger partial charge in [-0.1, -0.05) is 75.8 Å². The largest absolute Gasteiger partial charge is 0.395 e. The first-order valence-electron chi connectivity index (χ1n) is 14.7. The summed E-state index contributed by atoms with van der Waals surface area (Å²) >= 11 is 5.41. The van der Waals surface area contributed by atoms with Crippen molar-refractivity contribution in [3.05, 3.63) is 85.5 Å². The van der Waals surface area contributed by atoms with Crippen LogP contribution in [0.25, 0.3) is 11.0 Å². The van der Waals surface area contributed by atoms with Crippen LogP contribution in [0.4, 0.5) is 0 Å². The number of carbonyl (C=O) groups excluding carboxylic acids is 3. The number of likely N-dealkylation sites (tertiary alicyclic amines) is 1. The van der Waals surface area contributed by atoms with Gasteiger partial charge in [0.1, 0.15) is 18.2 Å². The smallest absolute Gasteiger partial charge is 0.248 e. The van der Waals surface area contributed by atoms with Gasteiger partial charge in [0.25, 0.3) is 0 Å². The van der Waals surface area contributed by atoms with Crippen LogP contribution in [0.5, 0.6) is 0 Å². The number of rotatable bonds is 12. The molecule has 3 aliphatic heterocycles. The van der Waals surface area contributed by atoms with E-state index < -0.39 is 22.6 Å². The lowest BCUT2D eigenvalue weighted by Gasteiger charge is -2.38. The first kappa shape index (κ1) is 30.5. The standard InChI is InChI=1S/C32H35BrN6O4S/c1-3-14-36(19-21-10-6-5-7-11-21)29(41)25-26-30(42)38(16-17-40)28(32(26)18-22(33)27(25)44-32)31(43)37(15-4-2)20-39-24-13-9-8-12-23(24)34-35-39/h3-13,22,25-28,40H,1-2,14-20H2/t22?,25-,26-,27-,28?,32?/m0/s1. The Bertz CT molecular complexity index is 1580. The van der Waals surface area contributed by atoms with Crippen LogP contribution < -0.4 is 0 Å². The van der Waals surface area contributed by atoms with Crippen molar-refractivity contribution in [1.29, 1.82) is 0 Å². The van der Waals surface area contributed by atoms with Crippen molar-refractivity contribution < 1.29 is 19.5 Å². The molecule has 44 heavy (non-hydrogen) atoms. The van der Waals surface area contributed by atoms with E-state index in [1.54, 1.807) is 38.4 Å². The summed E-state index contributed by atoms with van der Waals surface area (Å²) in [5.41, 5.74) is 2.48. The number of alkyl halides is 1. The van der Waals surface area contributed by atoms with E-state index in [4.69, 9.17) is 0 Å². The molecule has 3 saturated heterocycles. The summed E-state index contributed by atoms with van der Waals surface area (Å²) < 4.78 is 0.827. The topological polar surface area (TPSA) is 112 Å². The Hall–Kier alpha value is -3.48. The van der Waals surface area contributed by atoms with Crippen LogP contribution in [0.1, 0.15) is 12.0 Å². The summed E-state index contributed by atoms with van der Waals surface area (Å²) in [6.45, 7) is 8.51. The van der Waals surface area contributed by atoms with Crippen molar-refractivity contribution in [3.63, 3.8) is 0 Å². The number of para-hydroxylation sites is 1. The summed E-state index contributed by atoms with van der Waals surface area (Å²) in [6, 6.07) is 16.4. The second kappa shape index (κ2) is 12.5. The molecule has 0 saturated carbocycles. The van der Waals surface area contributed by atoms with Crippen LogP contribution >= 0.6 is 27.7 Å². The van der Waals surface area contributed by atoms with E-state index in [-0.39, 0.29) is 54.2 Å². The Labute approximate surface area is 268 Å². The molecule has 2 bridgehead atoms. The van der Waals surface area contributed by atoms with Gasteiger partial charge in [-0.3, -0.25) is 14.4 Å². The lowest BCUT2D eigenvalue weighted by Crippen LogP contribution is -2.56. The summed E-state index contributed by atoms with van der Waals surface area (Å²) in [7, 11) is 0. The number of benzene rings is 2. The number of halogens is 1. The maximum Gasteiger partial charge on any atom is 0.248 e. The third-order valence-electron chi connectivity index (χ3n) is 8.91. The molecule has 0 radical (unpaired) electrons. The first-order chi connectivity index (χ1) is 21.3. The van der Waals surface area contributed by atoms with Gasteiger partial charge in [0.05, 0.1) is 28.7 Å². The van der Waals surface area contributed by atoms with Crippen molar-refractivity contribution in [3.8, 4) is 0 Å². The molecule has 3 aliphatic rings. The number of carbonyl (C=O) groups is 3. The van der Waals surface area contributed by atoms with Crippen LogP contribution in [0.3, 0.4) is 0 Å². The number of nitrogens with zero attached hydrogens (tertiary/aromatic N) is 6. The minimum Gasteiger partial charge on any atom is -0.395 e. The highest BCUT2D eigenvalue weighted by atomic mass is 79.9. The molecule has 1 spiro atoms. The lowest BCUT2D eigenvalue weighted by atomic mass is 9.70.